The maximum atomic E-state index is 6.84. The monoisotopic (exact) mass is 616 g/mol. The average Bonchev–Trinajstić information content (AvgIpc) is 2.89. The molecule has 0 radical (unpaired) electrons. The van der Waals surface area contributed by atoms with Crippen LogP contribution in [0.2, 0.25) is 0 Å². The maximum absolute atomic E-state index is 6.84. The summed E-state index contributed by atoms with van der Waals surface area (Å²) in [4.78, 5) is 0. The minimum atomic E-state index is -0.505. The maximum Gasteiger partial charge on any atom is 0.233 e. The van der Waals surface area contributed by atoms with Gasteiger partial charge in [-0.3, -0.25) is 4.74 Å². The van der Waals surface area contributed by atoms with Crippen molar-refractivity contribution >= 4 is 23.2 Å². The zero-order valence-corrected chi connectivity index (χ0v) is 29.3. The quantitative estimate of drug-likeness (QED) is 0.235. The molecule has 2 bridgehead atoms. The van der Waals surface area contributed by atoms with Gasteiger partial charge in [0.25, 0.3) is 0 Å². The van der Waals surface area contributed by atoms with Gasteiger partial charge in [-0.2, -0.15) is 0 Å². The molecule has 0 spiro atoms. The van der Waals surface area contributed by atoms with Crippen molar-refractivity contribution in [1.29, 1.82) is 0 Å². The Morgan fingerprint density at radius 1 is 0.643 bits per heavy atom. The van der Waals surface area contributed by atoms with Crippen molar-refractivity contribution in [3.05, 3.63) is 57.6 Å². The second-order valence-electron chi connectivity index (χ2n) is 15.9. The van der Waals surface area contributed by atoms with Crippen LogP contribution in [0.4, 0.5) is 0 Å². The normalized spacial score (nSPS) is 19.8. The molecule has 2 heterocycles. The van der Waals surface area contributed by atoms with Crippen LogP contribution in [-0.2, 0) is 28.4 Å². The summed E-state index contributed by atoms with van der Waals surface area (Å²) in [6.07, 6.45) is 6.28. The predicted octanol–water partition coefficient (Wildman–Crippen LogP) is 11.3. The summed E-state index contributed by atoms with van der Waals surface area (Å²) in [6.45, 7) is 22.9. The van der Waals surface area contributed by atoms with Crippen molar-refractivity contribution in [3.63, 3.8) is 0 Å². The minimum Gasteiger partial charge on any atom is -0.459 e. The van der Waals surface area contributed by atoms with E-state index in [1.807, 2.05) is 0 Å². The van der Waals surface area contributed by atoms with E-state index in [0.717, 1.165) is 67.6 Å². The first-order chi connectivity index (χ1) is 19.5. The van der Waals surface area contributed by atoms with Gasteiger partial charge < -0.3 is 9.47 Å². The van der Waals surface area contributed by atoms with Gasteiger partial charge in [-0.1, -0.05) is 87.8 Å². The number of rotatable bonds is 11. The first kappa shape index (κ1) is 33.5. The molecule has 234 valence electrons. The van der Waals surface area contributed by atoms with Gasteiger partial charge in [0.05, 0.1) is 11.1 Å². The van der Waals surface area contributed by atoms with Gasteiger partial charge in [0.1, 0.15) is 11.5 Å². The molecule has 2 aromatic carbocycles. The van der Waals surface area contributed by atoms with Crippen molar-refractivity contribution in [2.24, 2.45) is 10.8 Å². The molecule has 2 aromatic rings. The first-order valence-electron chi connectivity index (χ1n) is 16.0. The first-order valence-corrected chi connectivity index (χ1v) is 17.0. The Bertz CT molecular complexity index is 1250. The van der Waals surface area contributed by atoms with E-state index in [9.17, 15) is 0 Å². The van der Waals surface area contributed by atoms with E-state index >= 15 is 0 Å². The second kappa shape index (κ2) is 12.5. The third-order valence-electron chi connectivity index (χ3n) is 9.24. The zero-order chi connectivity index (χ0) is 31.1. The van der Waals surface area contributed by atoms with Crippen molar-refractivity contribution in [2.75, 3.05) is 11.8 Å². The van der Waals surface area contributed by atoms with Crippen LogP contribution >= 0.6 is 23.2 Å². The fourth-order valence-corrected chi connectivity index (χ4v) is 6.84. The number of alkyl halides is 2. The van der Waals surface area contributed by atoms with Crippen LogP contribution in [0.15, 0.2) is 24.3 Å². The third-order valence-corrected chi connectivity index (χ3v) is 9.78. The van der Waals surface area contributed by atoms with Crippen molar-refractivity contribution < 1.29 is 14.2 Å². The van der Waals surface area contributed by atoms with Gasteiger partial charge >= 0.3 is 0 Å². The Labute approximate surface area is 266 Å². The van der Waals surface area contributed by atoms with Crippen LogP contribution in [-0.4, -0.2) is 11.8 Å². The number of benzene rings is 2. The van der Waals surface area contributed by atoms with Gasteiger partial charge in [0.15, 0.2) is 0 Å². The Balaban J connectivity index is 1.79. The molecular weight excluding hydrogens is 563 g/mol. The highest BCUT2D eigenvalue weighted by molar-refractivity contribution is 6.18. The summed E-state index contributed by atoms with van der Waals surface area (Å²) in [5, 5.41) is 0. The van der Waals surface area contributed by atoms with Gasteiger partial charge in [-0.05, 0) is 83.4 Å². The van der Waals surface area contributed by atoms with E-state index in [-0.39, 0.29) is 21.7 Å². The average molecular weight is 618 g/mol. The lowest BCUT2D eigenvalue weighted by molar-refractivity contribution is -0.228. The Morgan fingerprint density at radius 2 is 1.10 bits per heavy atom. The molecule has 3 atom stereocenters. The molecule has 0 N–H and O–H groups in total. The standard InChI is InChI=1S/C37H54Cl2O3/c1-11-37(10,15-13-17-39)23-25-19-27-31(29(21-25)35(5,6)7)41-32-26-18-24(22-36(8,9)14-12-16-38)20-28(34(2,3)4)30(26)40-33(27)42-32/h18-21,32-33H,11-17,22-23H2,1-10H3. The molecule has 0 fully saturated rings. The topological polar surface area (TPSA) is 27.7 Å². The molecule has 3 nitrogen and oxygen atoms in total. The van der Waals surface area contributed by atoms with Crippen LogP contribution in [0.1, 0.15) is 147 Å². The highest BCUT2D eigenvalue weighted by atomic mass is 35.5. The number of fused-ring (bicyclic) bond motifs is 6. The molecule has 0 aliphatic carbocycles. The second-order valence-corrected chi connectivity index (χ2v) is 16.7. The molecule has 4 rings (SSSR count). The summed E-state index contributed by atoms with van der Waals surface area (Å²) in [5.41, 5.74) is 7.15. The summed E-state index contributed by atoms with van der Waals surface area (Å²) in [6, 6.07) is 9.25. The Kier molecular flexibility index (Phi) is 9.98. The molecular formula is C37H54Cl2O3. The lowest BCUT2D eigenvalue weighted by atomic mass is 9.75. The molecule has 3 unspecified atom stereocenters. The number of hydrogen-bond acceptors (Lipinski definition) is 3. The van der Waals surface area contributed by atoms with E-state index in [0.29, 0.717) is 11.8 Å². The van der Waals surface area contributed by atoms with Crippen molar-refractivity contribution in [1.82, 2.24) is 0 Å². The van der Waals surface area contributed by atoms with Gasteiger partial charge in [0.2, 0.25) is 12.6 Å². The van der Waals surface area contributed by atoms with E-state index in [2.05, 4.69) is 93.5 Å². The highest BCUT2D eigenvalue weighted by Crippen LogP contribution is 2.54. The SMILES string of the molecule is CCC(C)(CCCCl)Cc1cc2c(c(C(C)(C)C)c1)OC1OC2Oc2c1cc(CC(C)(C)CCCCl)cc2C(C)(C)C. The van der Waals surface area contributed by atoms with E-state index in [1.54, 1.807) is 0 Å². The minimum absolute atomic E-state index is 0.0986. The summed E-state index contributed by atoms with van der Waals surface area (Å²) >= 11 is 12.1. The summed E-state index contributed by atoms with van der Waals surface area (Å²) < 4.78 is 20.2. The lowest BCUT2D eigenvalue weighted by Crippen LogP contribution is -2.34. The lowest BCUT2D eigenvalue weighted by Gasteiger charge is -2.42. The fraction of sp³-hybridized carbons (Fsp3) is 0.676. The van der Waals surface area contributed by atoms with Gasteiger partial charge in [-0.15, -0.1) is 23.2 Å². The molecule has 0 amide bonds. The van der Waals surface area contributed by atoms with E-state index in [4.69, 9.17) is 37.4 Å². The molecule has 2 aliphatic rings. The van der Waals surface area contributed by atoms with E-state index in [1.165, 1.54) is 22.3 Å². The number of hydrogen-bond donors (Lipinski definition) is 0. The molecule has 42 heavy (non-hydrogen) atoms. The van der Waals surface area contributed by atoms with Crippen LogP contribution in [0.3, 0.4) is 0 Å². The molecule has 0 saturated heterocycles. The van der Waals surface area contributed by atoms with Crippen molar-refractivity contribution in [2.45, 2.75) is 138 Å². The van der Waals surface area contributed by atoms with Crippen LogP contribution in [0.25, 0.3) is 0 Å². The van der Waals surface area contributed by atoms with Gasteiger partial charge in [-0.25, -0.2) is 0 Å². The van der Waals surface area contributed by atoms with Gasteiger partial charge in [0, 0.05) is 22.9 Å². The Morgan fingerprint density at radius 3 is 1.52 bits per heavy atom. The Hall–Kier alpha value is -1.42. The molecule has 5 heteroatoms. The summed E-state index contributed by atoms with van der Waals surface area (Å²) in [7, 11) is 0. The molecule has 0 saturated carbocycles. The van der Waals surface area contributed by atoms with E-state index < -0.39 is 12.6 Å². The predicted molar refractivity (Wildman–Crippen MR) is 178 cm³/mol. The molecule has 0 aromatic heterocycles. The zero-order valence-electron chi connectivity index (χ0n) is 27.8. The smallest absolute Gasteiger partial charge is 0.233 e. The van der Waals surface area contributed by atoms with Crippen LogP contribution in [0.5, 0.6) is 11.5 Å². The van der Waals surface area contributed by atoms with Crippen LogP contribution in [0, 0.1) is 10.8 Å². The number of halogens is 2. The number of ether oxygens (including phenoxy) is 3. The van der Waals surface area contributed by atoms with Crippen molar-refractivity contribution in [3.8, 4) is 11.5 Å². The fourth-order valence-electron chi connectivity index (χ4n) is 6.58. The molecule has 2 aliphatic heterocycles. The third kappa shape index (κ3) is 7.44. The summed E-state index contributed by atoms with van der Waals surface area (Å²) in [5.74, 6) is 3.23. The highest BCUT2D eigenvalue weighted by Gasteiger charge is 2.43. The largest absolute Gasteiger partial charge is 0.459 e. The van der Waals surface area contributed by atoms with Crippen LogP contribution < -0.4 is 9.47 Å².